The number of hydrogen-bond donors (Lipinski definition) is 3. The number of hydrazone groups is 2. The molecule has 3 aromatic rings. The molecule has 0 aliphatic carbocycles. The Bertz CT molecular complexity index is 1290. The number of phenolic OH excluding ortho intramolecular Hbond substituents is 1. The SMILES string of the molecule is CC1=NN(c2ccc(F)cc2)C(=O)/C1=N\Nc1cccc(-c2cccc(C(=O)O)c2)c1O. The second-order valence-corrected chi connectivity index (χ2v) is 6.94. The molecule has 9 heteroatoms. The number of anilines is 2. The van der Waals surface area contributed by atoms with Crippen molar-refractivity contribution in [3.8, 4) is 16.9 Å². The first kappa shape index (κ1) is 20.7. The van der Waals surface area contributed by atoms with Crippen molar-refractivity contribution in [2.45, 2.75) is 6.92 Å². The zero-order valence-corrected chi connectivity index (χ0v) is 16.8. The Morgan fingerprint density at radius 1 is 1.09 bits per heavy atom. The van der Waals surface area contributed by atoms with Gasteiger partial charge in [0.1, 0.15) is 11.6 Å². The lowest BCUT2D eigenvalue weighted by molar-refractivity contribution is -0.112. The normalized spacial score (nSPS) is 14.6. The first-order valence-electron chi connectivity index (χ1n) is 9.50. The lowest BCUT2D eigenvalue weighted by Gasteiger charge is -2.12. The molecule has 1 aliphatic rings. The number of hydrogen-bond acceptors (Lipinski definition) is 6. The van der Waals surface area contributed by atoms with E-state index in [9.17, 15) is 24.2 Å². The average molecular weight is 432 g/mol. The fourth-order valence-corrected chi connectivity index (χ4v) is 3.19. The summed E-state index contributed by atoms with van der Waals surface area (Å²) in [5.74, 6) is -2.17. The summed E-state index contributed by atoms with van der Waals surface area (Å²) in [6.07, 6.45) is 0. The Morgan fingerprint density at radius 2 is 1.81 bits per heavy atom. The van der Waals surface area contributed by atoms with E-state index in [1.807, 2.05) is 0 Å². The van der Waals surface area contributed by atoms with Crippen LogP contribution in [-0.4, -0.2) is 33.5 Å². The van der Waals surface area contributed by atoms with Crippen LogP contribution in [0.25, 0.3) is 11.1 Å². The molecule has 1 amide bonds. The number of benzene rings is 3. The molecule has 3 aromatic carbocycles. The van der Waals surface area contributed by atoms with E-state index in [2.05, 4.69) is 15.6 Å². The highest BCUT2D eigenvalue weighted by atomic mass is 19.1. The van der Waals surface area contributed by atoms with Gasteiger partial charge in [-0.3, -0.25) is 10.2 Å². The predicted molar refractivity (Wildman–Crippen MR) is 119 cm³/mol. The first-order valence-corrected chi connectivity index (χ1v) is 9.50. The maximum Gasteiger partial charge on any atom is 0.335 e. The van der Waals surface area contributed by atoms with Crippen LogP contribution in [0.2, 0.25) is 0 Å². The van der Waals surface area contributed by atoms with Gasteiger partial charge in [-0.1, -0.05) is 24.3 Å². The summed E-state index contributed by atoms with van der Waals surface area (Å²) in [6, 6.07) is 16.3. The summed E-state index contributed by atoms with van der Waals surface area (Å²) < 4.78 is 13.2. The molecule has 0 atom stereocenters. The van der Waals surface area contributed by atoms with Gasteiger partial charge in [0.2, 0.25) is 0 Å². The van der Waals surface area contributed by atoms with Crippen LogP contribution < -0.4 is 10.4 Å². The predicted octanol–water partition coefficient (Wildman–Crippen LogP) is 4.09. The van der Waals surface area contributed by atoms with E-state index in [0.717, 1.165) is 5.01 Å². The van der Waals surface area contributed by atoms with Gasteiger partial charge >= 0.3 is 11.9 Å². The number of aromatic carboxylic acids is 1. The average Bonchev–Trinajstić information content (AvgIpc) is 3.07. The summed E-state index contributed by atoms with van der Waals surface area (Å²) >= 11 is 0. The third-order valence-corrected chi connectivity index (χ3v) is 4.80. The number of carboxylic acid groups (broad SMARTS) is 1. The van der Waals surface area contributed by atoms with Gasteiger partial charge in [0.05, 0.1) is 22.6 Å². The van der Waals surface area contributed by atoms with E-state index in [1.54, 1.807) is 37.3 Å². The highest BCUT2D eigenvalue weighted by molar-refractivity contribution is 6.71. The smallest absolute Gasteiger partial charge is 0.335 e. The van der Waals surface area contributed by atoms with Crippen molar-refractivity contribution in [3.05, 3.63) is 78.1 Å². The van der Waals surface area contributed by atoms with Crippen LogP contribution in [0, 0.1) is 5.82 Å². The van der Waals surface area contributed by atoms with Gasteiger partial charge in [0.15, 0.2) is 5.71 Å². The van der Waals surface area contributed by atoms with Crippen molar-refractivity contribution in [1.82, 2.24) is 0 Å². The molecule has 0 radical (unpaired) electrons. The Hall–Kier alpha value is -4.53. The Labute approximate surface area is 181 Å². The fraction of sp³-hybridized carbons (Fsp3) is 0.0435. The molecule has 1 aliphatic heterocycles. The van der Waals surface area contributed by atoms with Crippen LogP contribution in [-0.2, 0) is 4.79 Å². The van der Waals surface area contributed by atoms with Gasteiger partial charge < -0.3 is 10.2 Å². The van der Waals surface area contributed by atoms with Gasteiger partial charge in [-0.2, -0.15) is 15.2 Å². The molecule has 0 saturated heterocycles. The summed E-state index contributed by atoms with van der Waals surface area (Å²) in [4.78, 5) is 24.0. The maximum absolute atomic E-state index is 13.2. The molecule has 0 unspecified atom stereocenters. The quantitative estimate of drug-likeness (QED) is 0.415. The van der Waals surface area contributed by atoms with Crippen molar-refractivity contribution in [1.29, 1.82) is 0 Å². The zero-order valence-electron chi connectivity index (χ0n) is 16.8. The minimum atomic E-state index is -1.08. The van der Waals surface area contributed by atoms with Crippen molar-refractivity contribution < 1.29 is 24.2 Å². The van der Waals surface area contributed by atoms with Gasteiger partial charge in [0.25, 0.3) is 0 Å². The largest absolute Gasteiger partial charge is 0.505 e. The number of carbonyl (C=O) groups excluding carboxylic acids is 1. The molecule has 3 N–H and O–H groups in total. The number of aromatic hydroxyl groups is 1. The number of phenols is 1. The standard InChI is InChI=1S/C23H17FN4O4/c1-13-20(22(30)28(27-13)17-10-8-16(24)9-11-17)26-25-19-7-3-6-18(21(19)29)14-4-2-5-15(12-14)23(31)32/h2-12,25,29H,1H3,(H,31,32)/b26-20-. The number of carboxylic acids is 1. The van der Waals surface area contributed by atoms with E-state index < -0.39 is 17.7 Å². The number of para-hydroxylation sites is 1. The van der Waals surface area contributed by atoms with Gasteiger partial charge in [-0.05, 0) is 55.0 Å². The van der Waals surface area contributed by atoms with E-state index in [0.29, 0.717) is 22.5 Å². The first-order chi connectivity index (χ1) is 15.3. The van der Waals surface area contributed by atoms with Crippen molar-refractivity contribution in [3.63, 3.8) is 0 Å². The lowest BCUT2D eigenvalue weighted by Crippen LogP contribution is -2.27. The second kappa shape index (κ2) is 8.31. The summed E-state index contributed by atoms with van der Waals surface area (Å²) in [5.41, 5.74) is 4.66. The topological polar surface area (TPSA) is 115 Å². The van der Waals surface area contributed by atoms with Crippen LogP contribution >= 0.6 is 0 Å². The van der Waals surface area contributed by atoms with Crippen LogP contribution in [0.15, 0.2) is 76.9 Å². The number of halogens is 1. The number of carbonyl (C=O) groups is 2. The van der Waals surface area contributed by atoms with Gasteiger partial charge in [-0.15, -0.1) is 0 Å². The Kier molecular flexibility index (Phi) is 5.38. The molecule has 32 heavy (non-hydrogen) atoms. The maximum atomic E-state index is 13.2. The third kappa shape index (κ3) is 3.91. The Morgan fingerprint density at radius 3 is 2.53 bits per heavy atom. The number of rotatable bonds is 5. The third-order valence-electron chi connectivity index (χ3n) is 4.80. The molecule has 0 fully saturated rings. The molecule has 1 heterocycles. The van der Waals surface area contributed by atoms with Crippen LogP contribution in [0.3, 0.4) is 0 Å². The van der Waals surface area contributed by atoms with E-state index in [1.165, 1.54) is 36.4 Å². The van der Waals surface area contributed by atoms with Crippen LogP contribution in [0.1, 0.15) is 17.3 Å². The molecule has 0 spiro atoms. The van der Waals surface area contributed by atoms with Gasteiger partial charge in [0, 0.05) is 5.56 Å². The van der Waals surface area contributed by atoms with E-state index in [4.69, 9.17) is 0 Å². The molecule has 0 bridgehead atoms. The molecule has 0 aromatic heterocycles. The minimum Gasteiger partial charge on any atom is -0.505 e. The highest BCUT2D eigenvalue weighted by Crippen LogP contribution is 2.36. The molecular weight excluding hydrogens is 415 g/mol. The highest BCUT2D eigenvalue weighted by Gasteiger charge is 2.30. The number of amides is 1. The molecule has 0 saturated carbocycles. The van der Waals surface area contributed by atoms with E-state index in [-0.39, 0.29) is 22.7 Å². The summed E-state index contributed by atoms with van der Waals surface area (Å²) in [6.45, 7) is 1.61. The number of nitrogens with zero attached hydrogens (tertiary/aromatic N) is 3. The molecule has 4 rings (SSSR count). The number of nitrogens with one attached hydrogen (secondary N) is 1. The molecule has 8 nitrogen and oxygen atoms in total. The molecule has 160 valence electrons. The van der Waals surface area contributed by atoms with Crippen LogP contribution in [0.5, 0.6) is 5.75 Å². The van der Waals surface area contributed by atoms with Crippen molar-refractivity contribution in [2.24, 2.45) is 10.2 Å². The molecular formula is C23H17FN4O4. The second-order valence-electron chi connectivity index (χ2n) is 6.94. The minimum absolute atomic E-state index is 0.0343. The zero-order chi connectivity index (χ0) is 22.8. The summed E-state index contributed by atoms with van der Waals surface area (Å²) in [5, 5.41) is 29.3. The van der Waals surface area contributed by atoms with Crippen molar-refractivity contribution in [2.75, 3.05) is 10.4 Å². The van der Waals surface area contributed by atoms with E-state index >= 15 is 0 Å². The summed E-state index contributed by atoms with van der Waals surface area (Å²) in [7, 11) is 0. The Balaban J connectivity index is 1.60. The van der Waals surface area contributed by atoms with Crippen LogP contribution in [0.4, 0.5) is 15.8 Å². The fourth-order valence-electron chi connectivity index (χ4n) is 3.19. The van der Waals surface area contributed by atoms with Gasteiger partial charge in [-0.25, -0.2) is 9.18 Å². The monoisotopic (exact) mass is 432 g/mol. The lowest BCUT2D eigenvalue weighted by atomic mass is 10.0. The van der Waals surface area contributed by atoms with Crippen molar-refractivity contribution >= 4 is 34.7 Å².